The maximum Gasteiger partial charge on any atom is 0.228 e. The van der Waals surface area contributed by atoms with Gasteiger partial charge < -0.3 is 5.32 Å². The van der Waals surface area contributed by atoms with Crippen LogP contribution in [0.5, 0.6) is 0 Å². The molecule has 2 heteroatoms. The number of rotatable bonds is 3. The monoisotopic (exact) mass is 265 g/mol. The van der Waals surface area contributed by atoms with Gasteiger partial charge in [0, 0.05) is 11.6 Å². The van der Waals surface area contributed by atoms with Gasteiger partial charge in [-0.3, -0.25) is 4.79 Å². The van der Waals surface area contributed by atoms with Gasteiger partial charge in [-0.1, -0.05) is 49.4 Å². The Kier molecular flexibility index (Phi) is 3.55. The van der Waals surface area contributed by atoms with E-state index in [0.717, 1.165) is 24.9 Å². The fourth-order valence-electron chi connectivity index (χ4n) is 2.93. The molecule has 2 aromatic rings. The van der Waals surface area contributed by atoms with Gasteiger partial charge in [0.15, 0.2) is 0 Å². The van der Waals surface area contributed by atoms with Crippen molar-refractivity contribution in [2.24, 2.45) is 5.92 Å². The second-order valence-electron chi connectivity index (χ2n) is 5.37. The summed E-state index contributed by atoms with van der Waals surface area (Å²) in [5.41, 5.74) is 4.78. The fraction of sp³-hybridized carbons (Fsp3) is 0.278. The summed E-state index contributed by atoms with van der Waals surface area (Å²) in [7, 11) is 0. The normalized spacial score (nSPS) is 14.1. The molecular formula is C18H19NO. The van der Waals surface area contributed by atoms with E-state index < -0.39 is 0 Å². The van der Waals surface area contributed by atoms with Crippen molar-refractivity contribution in [3.63, 3.8) is 0 Å². The molecule has 0 spiro atoms. The lowest BCUT2D eigenvalue weighted by atomic mass is 10.0. The Morgan fingerprint density at radius 1 is 1.05 bits per heavy atom. The van der Waals surface area contributed by atoms with Crippen molar-refractivity contribution in [2.75, 3.05) is 5.32 Å². The topological polar surface area (TPSA) is 29.1 Å². The molecule has 0 fully saturated rings. The minimum absolute atomic E-state index is 0.0670. The molecule has 0 aromatic heterocycles. The lowest BCUT2D eigenvalue weighted by molar-refractivity contribution is -0.119. The molecule has 1 amide bonds. The van der Waals surface area contributed by atoms with Crippen LogP contribution in [0.3, 0.4) is 0 Å². The van der Waals surface area contributed by atoms with E-state index in [1.165, 1.54) is 16.7 Å². The molecule has 0 unspecified atom stereocenters. The van der Waals surface area contributed by atoms with Crippen molar-refractivity contribution in [2.45, 2.75) is 26.2 Å². The van der Waals surface area contributed by atoms with Crippen LogP contribution in [-0.2, 0) is 24.1 Å². The number of fused-ring (bicyclic) bond motifs is 1. The van der Waals surface area contributed by atoms with Crippen molar-refractivity contribution >= 4 is 11.6 Å². The zero-order chi connectivity index (χ0) is 13.9. The maximum atomic E-state index is 12.4. The van der Waals surface area contributed by atoms with Gasteiger partial charge in [0.25, 0.3) is 0 Å². The highest BCUT2D eigenvalue weighted by molar-refractivity contribution is 5.94. The van der Waals surface area contributed by atoms with E-state index >= 15 is 0 Å². The predicted molar refractivity (Wildman–Crippen MR) is 81.8 cm³/mol. The average Bonchev–Trinajstić information content (AvgIpc) is 2.92. The third-order valence-electron chi connectivity index (χ3n) is 4.08. The van der Waals surface area contributed by atoms with Crippen molar-refractivity contribution < 1.29 is 4.79 Å². The summed E-state index contributed by atoms with van der Waals surface area (Å²) in [6.45, 7) is 2.11. The summed E-state index contributed by atoms with van der Waals surface area (Å²) in [5.74, 6) is 0.208. The van der Waals surface area contributed by atoms with Crippen LogP contribution in [-0.4, -0.2) is 5.91 Å². The van der Waals surface area contributed by atoms with Gasteiger partial charge in [0.1, 0.15) is 0 Å². The van der Waals surface area contributed by atoms with E-state index in [4.69, 9.17) is 0 Å². The largest absolute Gasteiger partial charge is 0.326 e. The Hall–Kier alpha value is -2.09. The maximum absolute atomic E-state index is 12.4. The molecule has 3 rings (SSSR count). The van der Waals surface area contributed by atoms with Crippen molar-refractivity contribution in [3.05, 3.63) is 65.2 Å². The molecule has 1 aliphatic carbocycles. The van der Waals surface area contributed by atoms with Crippen molar-refractivity contribution in [3.8, 4) is 0 Å². The standard InChI is InChI=1S/C18H19NO/c1-2-13-7-5-6-10-17(13)19-18(20)16-11-14-8-3-4-9-15(14)12-16/h3-10,16H,2,11-12H2,1H3,(H,19,20). The van der Waals surface area contributed by atoms with E-state index in [1.807, 2.05) is 30.3 Å². The smallest absolute Gasteiger partial charge is 0.228 e. The summed E-state index contributed by atoms with van der Waals surface area (Å²) >= 11 is 0. The summed E-state index contributed by atoms with van der Waals surface area (Å²) in [6.07, 6.45) is 2.65. The number of aryl methyl sites for hydroxylation is 1. The first-order valence-corrected chi connectivity index (χ1v) is 7.23. The van der Waals surface area contributed by atoms with E-state index in [-0.39, 0.29) is 11.8 Å². The Labute approximate surface area is 119 Å². The lowest BCUT2D eigenvalue weighted by Crippen LogP contribution is -2.23. The SMILES string of the molecule is CCc1ccccc1NC(=O)C1Cc2ccccc2C1. The zero-order valence-electron chi connectivity index (χ0n) is 11.7. The number of anilines is 1. The summed E-state index contributed by atoms with van der Waals surface area (Å²) < 4.78 is 0. The number of para-hydroxylation sites is 1. The lowest BCUT2D eigenvalue weighted by Gasteiger charge is -2.13. The number of nitrogens with one attached hydrogen (secondary N) is 1. The van der Waals surface area contributed by atoms with Crippen molar-refractivity contribution in [1.29, 1.82) is 0 Å². The minimum Gasteiger partial charge on any atom is -0.326 e. The highest BCUT2D eigenvalue weighted by atomic mass is 16.1. The molecule has 0 bridgehead atoms. The first-order chi connectivity index (χ1) is 9.78. The number of amides is 1. The Bertz CT molecular complexity index is 608. The molecule has 102 valence electrons. The van der Waals surface area contributed by atoms with E-state index in [2.05, 4.69) is 30.4 Å². The number of carbonyl (C=O) groups is 1. The van der Waals surface area contributed by atoms with Gasteiger partial charge in [0.05, 0.1) is 0 Å². The predicted octanol–water partition coefficient (Wildman–Crippen LogP) is 3.60. The molecule has 0 atom stereocenters. The molecule has 0 aliphatic heterocycles. The molecule has 1 N–H and O–H groups in total. The van der Waals surface area contributed by atoms with Crippen LogP contribution < -0.4 is 5.32 Å². The number of hydrogen-bond donors (Lipinski definition) is 1. The molecular weight excluding hydrogens is 246 g/mol. The van der Waals surface area contributed by atoms with Gasteiger partial charge in [-0.15, -0.1) is 0 Å². The highest BCUT2D eigenvalue weighted by Crippen LogP contribution is 2.28. The number of carbonyl (C=O) groups excluding carboxylic acids is 1. The first kappa shape index (κ1) is 12.9. The Morgan fingerprint density at radius 3 is 2.30 bits per heavy atom. The molecule has 20 heavy (non-hydrogen) atoms. The van der Waals surface area contributed by atoms with Crippen molar-refractivity contribution in [1.82, 2.24) is 0 Å². The molecule has 0 heterocycles. The van der Waals surface area contributed by atoms with Crippen LogP contribution in [0.2, 0.25) is 0 Å². The third kappa shape index (κ3) is 2.46. The summed E-state index contributed by atoms with van der Waals surface area (Å²) in [5, 5.41) is 3.10. The van der Waals surface area contributed by atoms with E-state index in [1.54, 1.807) is 0 Å². The molecule has 0 saturated carbocycles. The molecule has 1 aliphatic rings. The van der Waals surface area contributed by atoms with Gasteiger partial charge in [-0.05, 0) is 42.0 Å². The first-order valence-electron chi connectivity index (χ1n) is 7.23. The summed E-state index contributed by atoms with van der Waals surface area (Å²) in [4.78, 5) is 12.4. The highest BCUT2D eigenvalue weighted by Gasteiger charge is 2.27. The molecule has 2 nitrogen and oxygen atoms in total. The van der Waals surface area contributed by atoms with Crippen LogP contribution in [0.15, 0.2) is 48.5 Å². The molecule has 0 saturated heterocycles. The zero-order valence-corrected chi connectivity index (χ0v) is 11.7. The quantitative estimate of drug-likeness (QED) is 0.902. The van der Waals surface area contributed by atoms with Crippen LogP contribution in [0, 0.1) is 5.92 Å². The number of hydrogen-bond acceptors (Lipinski definition) is 1. The van der Waals surface area contributed by atoms with E-state index in [0.29, 0.717) is 0 Å². The molecule has 0 radical (unpaired) electrons. The second-order valence-corrected chi connectivity index (χ2v) is 5.37. The molecule has 2 aromatic carbocycles. The average molecular weight is 265 g/mol. The Morgan fingerprint density at radius 2 is 1.65 bits per heavy atom. The van der Waals surface area contributed by atoms with Gasteiger partial charge in [-0.25, -0.2) is 0 Å². The van der Waals surface area contributed by atoms with Crippen LogP contribution in [0.1, 0.15) is 23.6 Å². The van der Waals surface area contributed by atoms with Crippen LogP contribution in [0.4, 0.5) is 5.69 Å². The summed E-state index contributed by atoms with van der Waals surface area (Å²) in [6, 6.07) is 16.4. The Balaban J connectivity index is 1.72. The van der Waals surface area contributed by atoms with Gasteiger partial charge in [0.2, 0.25) is 5.91 Å². The van der Waals surface area contributed by atoms with Gasteiger partial charge in [-0.2, -0.15) is 0 Å². The fourth-order valence-corrected chi connectivity index (χ4v) is 2.93. The van der Waals surface area contributed by atoms with Crippen LogP contribution >= 0.6 is 0 Å². The number of benzene rings is 2. The van der Waals surface area contributed by atoms with E-state index in [9.17, 15) is 4.79 Å². The van der Waals surface area contributed by atoms with Gasteiger partial charge >= 0.3 is 0 Å². The van der Waals surface area contributed by atoms with Crippen LogP contribution in [0.25, 0.3) is 0 Å². The second kappa shape index (κ2) is 5.49. The minimum atomic E-state index is 0.0670. The third-order valence-corrected chi connectivity index (χ3v) is 4.08.